The van der Waals surface area contributed by atoms with Crippen molar-refractivity contribution in [2.45, 2.75) is 13.8 Å². The van der Waals surface area contributed by atoms with E-state index in [1.54, 1.807) is 0 Å². The van der Waals surface area contributed by atoms with E-state index < -0.39 is 0 Å². The topological polar surface area (TPSA) is 68.3 Å². The SMILES string of the molecule is Cc1cc(Nc2ccc3c(c2)OCO3)nc(Nc2cccc(Cl)c2C)n1. The average molecular weight is 369 g/mol. The van der Waals surface area contributed by atoms with Crippen LogP contribution < -0.4 is 20.1 Å². The van der Waals surface area contributed by atoms with Gasteiger partial charge >= 0.3 is 0 Å². The van der Waals surface area contributed by atoms with E-state index >= 15 is 0 Å². The number of nitrogens with one attached hydrogen (secondary N) is 2. The van der Waals surface area contributed by atoms with Crippen LogP contribution in [0, 0.1) is 13.8 Å². The van der Waals surface area contributed by atoms with Crippen molar-refractivity contribution >= 4 is 34.7 Å². The molecule has 0 amide bonds. The van der Waals surface area contributed by atoms with Crippen molar-refractivity contribution in [1.82, 2.24) is 9.97 Å². The molecule has 0 unspecified atom stereocenters. The average Bonchev–Trinajstić information content (AvgIpc) is 3.06. The molecule has 0 aliphatic carbocycles. The van der Waals surface area contributed by atoms with Gasteiger partial charge in [0.1, 0.15) is 5.82 Å². The Hall–Kier alpha value is -2.99. The zero-order chi connectivity index (χ0) is 18.1. The van der Waals surface area contributed by atoms with Gasteiger partial charge in [-0.3, -0.25) is 0 Å². The number of halogens is 1. The molecule has 0 saturated carbocycles. The first-order chi connectivity index (χ1) is 12.6. The fourth-order valence-electron chi connectivity index (χ4n) is 2.67. The number of hydrogen-bond acceptors (Lipinski definition) is 6. The molecule has 3 aromatic rings. The Morgan fingerprint density at radius 2 is 1.81 bits per heavy atom. The first-order valence-corrected chi connectivity index (χ1v) is 8.51. The lowest BCUT2D eigenvalue weighted by atomic mass is 10.2. The lowest BCUT2D eigenvalue weighted by Gasteiger charge is -2.12. The summed E-state index contributed by atoms with van der Waals surface area (Å²) in [6.07, 6.45) is 0. The van der Waals surface area contributed by atoms with Gasteiger partial charge in [-0.25, -0.2) is 4.98 Å². The van der Waals surface area contributed by atoms with Crippen LogP contribution in [0.2, 0.25) is 5.02 Å². The Morgan fingerprint density at radius 3 is 2.69 bits per heavy atom. The lowest BCUT2D eigenvalue weighted by Crippen LogP contribution is -2.03. The maximum Gasteiger partial charge on any atom is 0.231 e. The van der Waals surface area contributed by atoms with Crippen LogP contribution in [-0.2, 0) is 0 Å². The molecule has 0 bridgehead atoms. The van der Waals surface area contributed by atoms with E-state index in [0.29, 0.717) is 22.5 Å². The minimum atomic E-state index is 0.248. The fraction of sp³-hybridized carbons (Fsp3) is 0.158. The van der Waals surface area contributed by atoms with Crippen molar-refractivity contribution in [2.24, 2.45) is 0 Å². The molecule has 2 N–H and O–H groups in total. The van der Waals surface area contributed by atoms with E-state index in [4.69, 9.17) is 21.1 Å². The number of hydrogen-bond donors (Lipinski definition) is 2. The number of anilines is 4. The van der Waals surface area contributed by atoms with Crippen LogP contribution in [0.3, 0.4) is 0 Å². The molecule has 6 nitrogen and oxygen atoms in total. The molecule has 0 fully saturated rings. The minimum Gasteiger partial charge on any atom is -0.454 e. The summed E-state index contributed by atoms with van der Waals surface area (Å²) in [5.41, 5.74) is 3.52. The molecule has 0 atom stereocenters. The third kappa shape index (κ3) is 3.36. The molecule has 1 aliphatic rings. The van der Waals surface area contributed by atoms with E-state index in [9.17, 15) is 0 Å². The fourth-order valence-corrected chi connectivity index (χ4v) is 2.85. The Kier molecular flexibility index (Phi) is 4.26. The Balaban J connectivity index is 1.59. The molecule has 7 heteroatoms. The van der Waals surface area contributed by atoms with Crippen LogP contribution >= 0.6 is 11.6 Å². The molecular formula is C19H17ClN4O2. The number of benzene rings is 2. The normalized spacial score (nSPS) is 12.1. The highest BCUT2D eigenvalue weighted by Gasteiger charge is 2.14. The molecular weight excluding hydrogens is 352 g/mol. The molecule has 132 valence electrons. The summed E-state index contributed by atoms with van der Waals surface area (Å²) in [7, 11) is 0. The second-order valence-electron chi connectivity index (χ2n) is 5.95. The van der Waals surface area contributed by atoms with Gasteiger partial charge in [-0.15, -0.1) is 0 Å². The predicted octanol–water partition coefficient (Wildman–Crippen LogP) is 4.96. The van der Waals surface area contributed by atoms with Gasteiger partial charge < -0.3 is 20.1 Å². The number of aryl methyl sites for hydroxylation is 1. The van der Waals surface area contributed by atoms with E-state index in [0.717, 1.165) is 28.4 Å². The molecule has 26 heavy (non-hydrogen) atoms. The first kappa shape index (κ1) is 16.5. The number of fused-ring (bicyclic) bond motifs is 1. The molecule has 0 radical (unpaired) electrons. The summed E-state index contributed by atoms with van der Waals surface area (Å²) in [4.78, 5) is 8.99. The Bertz CT molecular complexity index is 978. The van der Waals surface area contributed by atoms with Crippen molar-refractivity contribution < 1.29 is 9.47 Å². The second-order valence-corrected chi connectivity index (χ2v) is 6.36. The second kappa shape index (κ2) is 6.72. The van der Waals surface area contributed by atoms with E-state index in [2.05, 4.69) is 20.6 Å². The zero-order valence-corrected chi connectivity index (χ0v) is 15.1. The van der Waals surface area contributed by atoms with Gasteiger partial charge in [-0.2, -0.15) is 4.98 Å². The standard InChI is InChI=1S/C19H17ClN4O2/c1-11-8-18(22-13-6-7-16-17(9-13)26-10-25-16)24-19(21-11)23-15-5-3-4-14(20)12(15)2/h3-9H,10H2,1-2H3,(H2,21,22,23,24). The van der Waals surface area contributed by atoms with Crippen LogP contribution in [0.15, 0.2) is 42.5 Å². The third-order valence-electron chi connectivity index (χ3n) is 4.01. The molecule has 1 aliphatic heterocycles. The lowest BCUT2D eigenvalue weighted by molar-refractivity contribution is 0.174. The summed E-state index contributed by atoms with van der Waals surface area (Å²) in [6, 6.07) is 13.2. The van der Waals surface area contributed by atoms with Gasteiger partial charge in [0.05, 0.1) is 0 Å². The van der Waals surface area contributed by atoms with Crippen LogP contribution in [0.1, 0.15) is 11.3 Å². The number of aromatic nitrogens is 2. The number of nitrogens with zero attached hydrogens (tertiary/aromatic N) is 2. The van der Waals surface area contributed by atoms with E-state index in [1.165, 1.54) is 0 Å². The van der Waals surface area contributed by atoms with Gasteiger partial charge in [-0.1, -0.05) is 17.7 Å². The summed E-state index contributed by atoms with van der Waals surface area (Å²) >= 11 is 6.18. The van der Waals surface area contributed by atoms with Crippen molar-refractivity contribution in [2.75, 3.05) is 17.4 Å². The van der Waals surface area contributed by atoms with Crippen molar-refractivity contribution in [3.8, 4) is 11.5 Å². The highest BCUT2D eigenvalue weighted by molar-refractivity contribution is 6.31. The monoisotopic (exact) mass is 368 g/mol. The third-order valence-corrected chi connectivity index (χ3v) is 4.42. The summed E-state index contributed by atoms with van der Waals surface area (Å²) in [6.45, 7) is 4.12. The first-order valence-electron chi connectivity index (χ1n) is 8.13. The maximum atomic E-state index is 6.18. The van der Waals surface area contributed by atoms with E-state index in [1.807, 2.05) is 56.3 Å². The maximum absolute atomic E-state index is 6.18. The van der Waals surface area contributed by atoms with Gasteiger partial charge in [0.15, 0.2) is 11.5 Å². The summed E-state index contributed by atoms with van der Waals surface area (Å²) < 4.78 is 10.7. The van der Waals surface area contributed by atoms with Crippen LogP contribution in [0.25, 0.3) is 0 Å². The molecule has 2 heterocycles. The quantitative estimate of drug-likeness (QED) is 0.678. The highest BCUT2D eigenvalue weighted by atomic mass is 35.5. The van der Waals surface area contributed by atoms with Gasteiger partial charge in [0.2, 0.25) is 12.7 Å². The van der Waals surface area contributed by atoms with Crippen molar-refractivity contribution in [3.63, 3.8) is 0 Å². The van der Waals surface area contributed by atoms with Gasteiger partial charge in [0.25, 0.3) is 0 Å². The molecule has 0 spiro atoms. The van der Waals surface area contributed by atoms with E-state index in [-0.39, 0.29) is 6.79 Å². The molecule has 0 saturated heterocycles. The Labute approximate surface area is 156 Å². The molecule has 1 aromatic heterocycles. The van der Waals surface area contributed by atoms with Crippen molar-refractivity contribution in [1.29, 1.82) is 0 Å². The van der Waals surface area contributed by atoms with Gasteiger partial charge in [0, 0.05) is 34.2 Å². The zero-order valence-electron chi connectivity index (χ0n) is 14.3. The molecule has 4 rings (SSSR count). The highest BCUT2D eigenvalue weighted by Crippen LogP contribution is 2.35. The van der Waals surface area contributed by atoms with Crippen LogP contribution in [0.5, 0.6) is 11.5 Å². The smallest absolute Gasteiger partial charge is 0.231 e. The van der Waals surface area contributed by atoms with Crippen LogP contribution in [0.4, 0.5) is 23.1 Å². The minimum absolute atomic E-state index is 0.248. The predicted molar refractivity (Wildman–Crippen MR) is 102 cm³/mol. The van der Waals surface area contributed by atoms with Gasteiger partial charge in [-0.05, 0) is 43.7 Å². The van der Waals surface area contributed by atoms with Crippen molar-refractivity contribution in [3.05, 3.63) is 58.7 Å². The summed E-state index contributed by atoms with van der Waals surface area (Å²) in [5.74, 6) is 2.64. The van der Waals surface area contributed by atoms with Crippen LogP contribution in [-0.4, -0.2) is 16.8 Å². The number of ether oxygens (including phenoxy) is 2. The number of rotatable bonds is 4. The largest absolute Gasteiger partial charge is 0.454 e. The molecule has 2 aromatic carbocycles. The summed E-state index contributed by atoms with van der Waals surface area (Å²) in [5, 5.41) is 7.20. The Morgan fingerprint density at radius 1 is 0.962 bits per heavy atom.